The molecule has 2 rings (SSSR count). The highest BCUT2D eigenvalue weighted by molar-refractivity contribution is 5.78. The lowest BCUT2D eigenvalue weighted by Gasteiger charge is -2.24. The summed E-state index contributed by atoms with van der Waals surface area (Å²) in [4.78, 5) is 40.4. The number of aliphatic carboxylic acids is 1. The Balaban J connectivity index is 2.15. The molecule has 1 aromatic heterocycles. The normalized spacial score (nSPS) is 10.2. The maximum Gasteiger partial charge on any atom is 0.410 e. The van der Waals surface area contributed by atoms with Gasteiger partial charge < -0.3 is 19.5 Å². The number of rotatable bonds is 13. The van der Waals surface area contributed by atoms with Crippen LogP contribution in [0.5, 0.6) is 5.75 Å². The van der Waals surface area contributed by atoms with Gasteiger partial charge in [0.2, 0.25) is 0 Å². The summed E-state index contributed by atoms with van der Waals surface area (Å²) in [5, 5.41) is 17.7. The third kappa shape index (κ3) is 8.26. The zero-order valence-electron chi connectivity index (χ0n) is 18.5. The average molecular weight is 453 g/mol. The van der Waals surface area contributed by atoms with Crippen LogP contribution >= 0.6 is 0 Å². The van der Waals surface area contributed by atoms with Gasteiger partial charge >= 0.3 is 12.1 Å². The summed E-state index contributed by atoms with van der Waals surface area (Å²) < 4.78 is 11.1. The highest BCUT2D eigenvalue weighted by atomic mass is 16.6. The Kier molecular flexibility index (Phi) is 10.3. The number of carbonyl (C=O) groups is 3. The van der Waals surface area contributed by atoms with Crippen molar-refractivity contribution in [2.75, 3.05) is 13.2 Å². The number of pyridine rings is 1. The number of aromatic nitrogens is 1. The number of hydrogen-bond acceptors (Lipinski definition) is 7. The Morgan fingerprint density at radius 1 is 1.18 bits per heavy atom. The SMILES string of the molecule is CCOC(=O)N(CCCCCC(=O)O)Cc1c(C=O)cncc1OCc1ccc(C#N)cc1. The first-order valence-electron chi connectivity index (χ1n) is 10.7. The minimum Gasteiger partial charge on any atom is -0.487 e. The molecule has 9 heteroatoms. The molecule has 0 unspecified atom stereocenters. The number of unbranched alkanes of at least 4 members (excludes halogenated alkanes) is 2. The molecule has 0 fully saturated rings. The summed E-state index contributed by atoms with van der Waals surface area (Å²) in [6, 6.07) is 8.98. The molecular weight excluding hydrogens is 426 g/mol. The first-order valence-corrected chi connectivity index (χ1v) is 10.7. The number of ether oxygens (including phenoxy) is 2. The molecule has 1 amide bonds. The Morgan fingerprint density at radius 2 is 1.94 bits per heavy atom. The van der Waals surface area contributed by atoms with Gasteiger partial charge in [-0.2, -0.15) is 5.26 Å². The molecule has 0 atom stereocenters. The van der Waals surface area contributed by atoms with Crippen LogP contribution in [0.25, 0.3) is 0 Å². The first-order chi connectivity index (χ1) is 16.0. The lowest BCUT2D eigenvalue weighted by molar-refractivity contribution is -0.137. The molecule has 174 valence electrons. The van der Waals surface area contributed by atoms with Crippen LogP contribution in [0.2, 0.25) is 0 Å². The maximum absolute atomic E-state index is 12.5. The van der Waals surface area contributed by atoms with Gasteiger partial charge in [-0.1, -0.05) is 18.6 Å². The lowest BCUT2D eigenvalue weighted by atomic mass is 10.1. The molecule has 33 heavy (non-hydrogen) atoms. The van der Waals surface area contributed by atoms with Gasteiger partial charge in [-0.05, 0) is 37.5 Å². The number of nitrogens with zero attached hydrogens (tertiary/aromatic N) is 3. The summed E-state index contributed by atoms with van der Waals surface area (Å²) in [5.74, 6) is -0.488. The molecule has 0 saturated heterocycles. The van der Waals surface area contributed by atoms with Crippen molar-refractivity contribution >= 4 is 18.3 Å². The standard InChI is InChI=1S/C24H27N3O6/c1-2-32-24(31)27(11-5-3-4-6-23(29)30)15-21-20(16-28)13-26-14-22(21)33-17-19-9-7-18(12-25)8-10-19/h7-10,13-14,16H,2-6,11,15,17H2,1H3,(H,29,30). The van der Waals surface area contributed by atoms with Crippen LogP contribution in [-0.4, -0.2) is 46.5 Å². The highest BCUT2D eigenvalue weighted by Crippen LogP contribution is 2.24. The van der Waals surface area contributed by atoms with E-state index in [1.165, 1.54) is 17.3 Å². The van der Waals surface area contributed by atoms with E-state index in [2.05, 4.69) is 11.1 Å². The van der Waals surface area contributed by atoms with Crippen LogP contribution in [0, 0.1) is 11.3 Å². The maximum atomic E-state index is 12.5. The van der Waals surface area contributed by atoms with Gasteiger partial charge in [-0.15, -0.1) is 0 Å². The molecular formula is C24H27N3O6. The van der Waals surface area contributed by atoms with E-state index in [4.69, 9.17) is 19.8 Å². The van der Waals surface area contributed by atoms with E-state index in [9.17, 15) is 14.4 Å². The quantitative estimate of drug-likeness (QED) is 0.356. The second kappa shape index (κ2) is 13.5. The summed E-state index contributed by atoms with van der Waals surface area (Å²) in [7, 11) is 0. The Bertz CT molecular complexity index is 985. The molecule has 9 nitrogen and oxygen atoms in total. The van der Waals surface area contributed by atoms with Gasteiger partial charge in [0.05, 0.1) is 31.0 Å². The van der Waals surface area contributed by atoms with E-state index in [1.54, 1.807) is 31.2 Å². The van der Waals surface area contributed by atoms with Gasteiger partial charge in [0.15, 0.2) is 6.29 Å². The van der Waals surface area contributed by atoms with Crippen molar-refractivity contribution in [1.82, 2.24) is 9.88 Å². The van der Waals surface area contributed by atoms with E-state index in [-0.39, 0.29) is 26.2 Å². The highest BCUT2D eigenvalue weighted by Gasteiger charge is 2.20. The van der Waals surface area contributed by atoms with Crippen molar-refractivity contribution in [2.45, 2.75) is 45.8 Å². The number of carbonyl (C=O) groups excluding carboxylic acids is 2. The number of hydrogen-bond donors (Lipinski definition) is 1. The van der Waals surface area contributed by atoms with Crippen LogP contribution in [0.15, 0.2) is 36.7 Å². The molecule has 1 aromatic carbocycles. The number of benzene rings is 1. The fourth-order valence-corrected chi connectivity index (χ4v) is 3.11. The van der Waals surface area contributed by atoms with Crippen molar-refractivity contribution in [3.8, 4) is 11.8 Å². The molecule has 0 aliphatic heterocycles. The van der Waals surface area contributed by atoms with Gasteiger partial charge in [-0.3, -0.25) is 14.6 Å². The van der Waals surface area contributed by atoms with E-state index >= 15 is 0 Å². The van der Waals surface area contributed by atoms with Crippen LogP contribution in [-0.2, 0) is 22.7 Å². The molecule has 0 saturated carbocycles. The predicted octanol–water partition coefficient (Wildman–Crippen LogP) is 3.95. The smallest absolute Gasteiger partial charge is 0.410 e. The zero-order valence-corrected chi connectivity index (χ0v) is 18.5. The van der Waals surface area contributed by atoms with Crippen LogP contribution < -0.4 is 4.74 Å². The minimum absolute atomic E-state index is 0.0758. The van der Waals surface area contributed by atoms with Crippen molar-refractivity contribution in [2.24, 2.45) is 0 Å². The third-order valence-electron chi connectivity index (χ3n) is 4.85. The largest absolute Gasteiger partial charge is 0.487 e. The van der Waals surface area contributed by atoms with E-state index in [0.29, 0.717) is 54.5 Å². The Hall–Kier alpha value is -3.93. The second-order valence-corrected chi connectivity index (χ2v) is 7.25. The molecule has 2 aromatic rings. The number of carboxylic acids is 1. The molecule has 1 N–H and O–H groups in total. The van der Waals surface area contributed by atoms with Crippen LogP contribution in [0.3, 0.4) is 0 Å². The van der Waals surface area contributed by atoms with Crippen molar-refractivity contribution < 1.29 is 29.0 Å². The van der Waals surface area contributed by atoms with Gasteiger partial charge in [-0.25, -0.2) is 4.79 Å². The van der Waals surface area contributed by atoms with Crippen molar-refractivity contribution in [1.29, 1.82) is 5.26 Å². The lowest BCUT2D eigenvalue weighted by Crippen LogP contribution is -2.32. The molecule has 0 aliphatic carbocycles. The van der Waals surface area contributed by atoms with Crippen LogP contribution in [0.4, 0.5) is 4.79 Å². The topological polar surface area (TPSA) is 130 Å². The molecule has 0 bridgehead atoms. The molecule has 0 aliphatic rings. The van der Waals surface area contributed by atoms with Gasteiger partial charge in [0, 0.05) is 30.3 Å². The third-order valence-corrected chi connectivity index (χ3v) is 4.85. The zero-order chi connectivity index (χ0) is 24.1. The van der Waals surface area contributed by atoms with Crippen molar-refractivity contribution in [3.63, 3.8) is 0 Å². The monoisotopic (exact) mass is 453 g/mol. The Labute approximate surface area is 192 Å². The number of aldehydes is 1. The van der Waals surface area contributed by atoms with Gasteiger partial charge in [0.25, 0.3) is 0 Å². The molecule has 0 radical (unpaired) electrons. The summed E-state index contributed by atoms with van der Waals surface area (Å²) in [6.45, 7) is 2.52. The average Bonchev–Trinajstić information content (AvgIpc) is 2.82. The fraction of sp³-hybridized carbons (Fsp3) is 0.375. The molecule has 0 spiro atoms. The summed E-state index contributed by atoms with van der Waals surface area (Å²) in [6.07, 6.45) is 4.85. The van der Waals surface area contributed by atoms with Gasteiger partial charge in [0.1, 0.15) is 12.4 Å². The number of amides is 1. The fourth-order valence-electron chi connectivity index (χ4n) is 3.11. The Morgan fingerprint density at radius 3 is 2.58 bits per heavy atom. The predicted molar refractivity (Wildman–Crippen MR) is 119 cm³/mol. The molecule has 1 heterocycles. The number of nitriles is 1. The van der Waals surface area contributed by atoms with Crippen LogP contribution in [0.1, 0.15) is 59.7 Å². The number of carboxylic acid groups (broad SMARTS) is 1. The van der Waals surface area contributed by atoms with E-state index in [1.807, 2.05) is 0 Å². The first kappa shape index (κ1) is 25.3. The van der Waals surface area contributed by atoms with Crippen molar-refractivity contribution in [3.05, 3.63) is 58.9 Å². The second-order valence-electron chi connectivity index (χ2n) is 7.25. The minimum atomic E-state index is -0.853. The van der Waals surface area contributed by atoms with E-state index < -0.39 is 12.1 Å². The van der Waals surface area contributed by atoms with E-state index in [0.717, 1.165) is 5.56 Å². The summed E-state index contributed by atoms with van der Waals surface area (Å²) in [5.41, 5.74) is 2.18. The summed E-state index contributed by atoms with van der Waals surface area (Å²) >= 11 is 0.